The predicted octanol–water partition coefficient (Wildman–Crippen LogP) is 2.34. The van der Waals surface area contributed by atoms with Crippen LogP contribution >= 0.6 is 0 Å². The second kappa shape index (κ2) is 6.65. The first kappa shape index (κ1) is 14.6. The number of nitrogens with one attached hydrogen (secondary N) is 1. The van der Waals surface area contributed by atoms with E-state index in [2.05, 4.69) is 20.6 Å². The van der Waals surface area contributed by atoms with Crippen molar-refractivity contribution < 1.29 is 4.79 Å². The maximum atomic E-state index is 11.9. The number of pyridine rings is 1. The molecule has 6 nitrogen and oxygen atoms in total. The van der Waals surface area contributed by atoms with Crippen molar-refractivity contribution >= 4 is 12.1 Å². The lowest BCUT2D eigenvalue weighted by Crippen LogP contribution is -2.17. The summed E-state index contributed by atoms with van der Waals surface area (Å²) < 4.78 is 1.78. The van der Waals surface area contributed by atoms with E-state index >= 15 is 0 Å². The Bertz CT molecular complexity index is 825. The summed E-state index contributed by atoms with van der Waals surface area (Å²) in [5.74, 6) is -0.288. The van der Waals surface area contributed by atoms with E-state index in [4.69, 9.17) is 0 Å². The number of nitrogens with zero attached hydrogens (tertiary/aromatic N) is 4. The minimum Gasteiger partial charge on any atom is -0.267 e. The van der Waals surface area contributed by atoms with Crippen molar-refractivity contribution in [1.29, 1.82) is 0 Å². The molecule has 3 rings (SSSR count). The fourth-order valence-corrected chi connectivity index (χ4v) is 2.03. The molecule has 0 fully saturated rings. The molecule has 0 saturated carbocycles. The maximum absolute atomic E-state index is 11.9. The van der Waals surface area contributed by atoms with E-state index in [1.807, 2.05) is 43.5 Å². The zero-order valence-corrected chi connectivity index (χ0v) is 12.5. The van der Waals surface area contributed by atoms with E-state index in [0.29, 0.717) is 11.3 Å². The van der Waals surface area contributed by atoms with Crippen LogP contribution in [0.15, 0.2) is 66.2 Å². The van der Waals surface area contributed by atoms with E-state index in [1.54, 1.807) is 29.2 Å². The van der Waals surface area contributed by atoms with Crippen LogP contribution in [0.25, 0.3) is 5.69 Å². The summed E-state index contributed by atoms with van der Waals surface area (Å²) in [6.45, 7) is 1.94. The lowest BCUT2D eigenvalue weighted by Gasteiger charge is -1.99. The molecule has 6 heteroatoms. The average molecular weight is 305 g/mol. The molecule has 0 aliphatic rings. The average Bonchev–Trinajstić information content (AvgIpc) is 2.97. The third-order valence-corrected chi connectivity index (χ3v) is 3.25. The predicted molar refractivity (Wildman–Crippen MR) is 87.6 cm³/mol. The molecule has 1 amide bonds. The number of benzene rings is 1. The molecule has 2 aromatic heterocycles. The first-order valence-electron chi connectivity index (χ1n) is 7.09. The number of aryl methyl sites for hydroxylation is 1. The van der Waals surface area contributed by atoms with Gasteiger partial charge in [0.05, 0.1) is 11.9 Å². The first-order chi connectivity index (χ1) is 11.2. The van der Waals surface area contributed by atoms with Gasteiger partial charge in [0.25, 0.3) is 5.91 Å². The standard InChI is InChI=1S/C17H15N5O/c1-13-12-22(15-5-3-2-4-6-15)21-16(13)11-19-20-17(23)14-7-9-18-10-8-14/h2-12H,1H3,(H,20,23). The molecule has 0 saturated heterocycles. The Balaban J connectivity index is 1.71. The molecule has 0 aliphatic carbocycles. The number of hydrogen-bond donors (Lipinski definition) is 1. The summed E-state index contributed by atoms with van der Waals surface area (Å²) >= 11 is 0. The van der Waals surface area contributed by atoms with Gasteiger partial charge < -0.3 is 0 Å². The molecule has 114 valence electrons. The quantitative estimate of drug-likeness (QED) is 0.594. The number of aromatic nitrogens is 3. The minimum absolute atomic E-state index is 0.288. The molecule has 23 heavy (non-hydrogen) atoms. The number of rotatable bonds is 4. The third kappa shape index (κ3) is 3.49. The van der Waals surface area contributed by atoms with Crippen LogP contribution in [-0.2, 0) is 0 Å². The SMILES string of the molecule is Cc1cn(-c2ccccc2)nc1C=NNC(=O)c1ccncc1. The van der Waals surface area contributed by atoms with Crippen molar-refractivity contribution in [3.8, 4) is 5.69 Å². The highest BCUT2D eigenvalue weighted by Gasteiger charge is 2.05. The molecular weight excluding hydrogens is 290 g/mol. The molecule has 3 aromatic rings. The van der Waals surface area contributed by atoms with Gasteiger partial charge in [-0.3, -0.25) is 9.78 Å². The second-order valence-corrected chi connectivity index (χ2v) is 4.91. The van der Waals surface area contributed by atoms with Crippen molar-refractivity contribution in [3.05, 3.63) is 77.9 Å². The van der Waals surface area contributed by atoms with E-state index in [0.717, 1.165) is 11.3 Å². The monoisotopic (exact) mass is 305 g/mol. The Morgan fingerprint density at radius 2 is 1.91 bits per heavy atom. The number of carbonyl (C=O) groups excluding carboxylic acids is 1. The van der Waals surface area contributed by atoms with E-state index < -0.39 is 0 Å². The zero-order chi connectivity index (χ0) is 16.1. The van der Waals surface area contributed by atoms with Crippen LogP contribution in [0.2, 0.25) is 0 Å². The molecular formula is C17H15N5O. The molecule has 1 N–H and O–H groups in total. The molecule has 1 aromatic carbocycles. The Morgan fingerprint density at radius 1 is 1.17 bits per heavy atom. The zero-order valence-electron chi connectivity index (χ0n) is 12.5. The number of para-hydroxylation sites is 1. The minimum atomic E-state index is -0.288. The van der Waals surface area contributed by atoms with Crippen LogP contribution in [0.3, 0.4) is 0 Å². The highest BCUT2D eigenvalue weighted by Crippen LogP contribution is 2.10. The number of amides is 1. The number of hydrazone groups is 1. The van der Waals surface area contributed by atoms with E-state index in [1.165, 1.54) is 6.21 Å². The van der Waals surface area contributed by atoms with Crippen molar-refractivity contribution in [2.45, 2.75) is 6.92 Å². The molecule has 0 spiro atoms. The van der Waals surface area contributed by atoms with Gasteiger partial charge in [-0.15, -0.1) is 0 Å². The van der Waals surface area contributed by atoms with Crippen LogP contribution in [-0.4, -0.2) is 26.9 Å². The van der Waals surface area contributed by atoms with Crippen LogP contribution < -0.4 is 5.43 Å². The van der Waals surface area contributed by atoms with Crippen molar-refractivity contribution in [3.63, 3.8) is 0 Å². The summed E-state index contributed by atoms with van der Waals surface area (Å²) in [7, 11) is 0. The second-order valence-electron chi connectivity index (χ2n) is 4.91. The highest BCUT2D eigenvalue weighted by molar-refractivity contribution is 5.94. The highest BCUT2D eigenvalue weighted by atomic mass is 16.2. The molecule has 0 unspecified atom stereocenters. The molecule has 0 radical (unpaired) electrons. The van der Waals surface area contributed by atoms with Crippen LogP contribution in [0.5, 0.6) is 0 Å². The number of hydrogen-bond acceptors (Lipinski definition) is 4. The largest absolute Gasteiger partial charge is 0.271 e. The van der Waals surface area contributed by atoms with Gasteiger partial charge in [0.15, 0.2) is 0 Å². The number of carbonyl (C=O) groups is 1. The van der Waals surface area contributed by atoms with Gasteiger partial charge in [-0.1, -0.05) is 18.2 Å². The summed E-state index contributed by atoms with van der Waals surface area (Å²) in [5, 5.41) is 8.42. The Hall–Kier alpha value is -3.28. The molecule has 0 bridgehead atoms. The fourth-order valence-electron chi connectivity index (χ4n) is 2.03. The van der Waals surface area contributed by atoms with Gasteiger partial charge in [0.1, 0.15) is 5.69 Å². The van der Waals surface area contributed by atoms with Crippen LogP contribution in [0, 0.1) is 6.92 Å². The smallest absolute Gasteiger partial charge is 0.267 e. The Morgan fingerprint density at radius 3 is 2.65 bits per heavy atom. The summed E-state index contributed by atoms with van der Waals surface area (Å²) in [6.07, 6.45) is 6.57. The summed E-state index contributed by atoms with van der Waals surface area (Å²) in [4.78, 5) is 15.7. The normalized spacial score (nSPS) is 10.8. The summed E-state index contributed by atoms with van der Waals surface area (Å²) in [6, 6.07) is 13.1. The van der Waals surface area contributed by atoms with Gasteiger partial charge in [-0.25, -0.2) is 10.1 Å². The van der Waals surface area contributed by atoms with Crippen molar-refractivity contribution in [2.24, 2.45) is 5.10 Å². The van der Waals surface area contributed by atoms with Gasteiger partial charge >= 0.3 is 0 Å². The van der Waals surface area contributed by atoms with E-state index in [9.17, 15) is 4.79 Å². The lowest BCUT2D eigenvalue weighted by molar-refractivity contribution is 0.0955. The van der Waals surface area contributed by atoms with Gasteiger partial charge in [0, 0.05) is 24.2 Å². The fraction of sp³-hybridized carbons (Fsp3) is 0.0588. The van der Waals surface area contributed by atoms with Gasteiger partial charge in [-0.2, -0.15) is 10.2 Å². The third-order valence-electron chi connectivity index (χ3n) is 3.25. The van der Waals surface area contributed by atoms with E-state index in [-0.39, 0.29) is 5.91 Å². The van der Waals surface area contributed by atoms with Crippen molar-refractivity contribution in [1.82, 2.24) is 20.2 Å². The Kier molecular flexibility index (Phi) is 4.24. The van der Waals surface area contributed by atoms with Crippen LogP contribution in [0.1, 0.15) is 21.6 Å². The molecule has 0 atom stereocenters. The topological polar surface area (TPSA) is 72.2 Å². The van der Waals surface area contributed by atoms with Crippen LogP contribution in [0.4, 0.5) is 0 Å². The van der Waals surface area contributed by atoms with Crippen molar-refractivity contribution in [2.75, 3.05) is 0 Å². The molecule has 0 aliphatic heterocycles. The maximum Gasteiger partial charge on any atom is 0.271 e. The summed E-state index contributed by atoms with van der Waals surface area (Å²) in [5.41, 5.74) is 5.62. The molecule has 2 heterocycles. The lowest BCUT2D eigenvalue weighted by atomic mass is 10.3. The first-order valence-corrected chi connectivity index (χ1v) is 7.09. The van der Waals surface area contributed by atoms with Gasteiger partial charge in [-0.05, 0) is 36.8 Å². The Labute approximate surface area is 133 Å². The van der Waals surface area contributed by atoms with Gasteiger partial charge in [0.2, 0.25) is 0 Å².